The van der Waals surface area contributed by atoms with E-state index in [9.17, 15) is 9.59 Å². The number of nitrogens with zero attached hydrogens (tertiary/aromatic N) is 2. The fourth-order valence-electron chi connectivity index (χ4n) is 4.20. The molecule has 3 heterocycles. The molecule has 1 N–H and O–H groups in total. The van der Waals surface area contributed by atoms with Crippen LogP contribution in [-0.2, 0) is 27.3 Å². The minimum atomic E-state index is -0.343. The van der Waals surface area contributed by atoms with Gasteiger partial charge in [0.05, 0.1) is 12.2 Å². The normalized spacial score (nSPS) is 23.7. The molecule has 0 bridgehead atoms. The quantitative estimate of drug-likeness (QED) is 0.875. The first-order valence-electron chi connectivity index (χ1n) is 9.88. The van der Waals surface area contributed by atoms with Gasteiger partial charge in [0, 0.05) is 30.9 Å². The molecule has 6 nitrogen and oxygen atoms in total. The highest BCUT2D eigenvalue weighted by atomic mass is 32.1. The Morgan fingerprint density at radius 3 is 2.81 bits per heavy atom. The first kappa shape index (κ1) is 17.9. The monoisotopic (exact) mass is 377 g/mol. The van der Waals surface area contributed by atoms with Crippen molar-refractivity contribution in [3.05, 3.63) is 10.6 Å². The second-order valence-corrected chi connectivity index (χ2v) is 8.74. The molecule has 1 saturated heterocycles. The lowest BCUT2D eigenvalue weighted by atomic mass is 9.86. The number of aromatic nitrogens is 1. The molecule has 1 unspecified atom stereocenters. The van der Waals surface area contributed by atoms with E-state index < -0.39 is 0 Å². The van der Waals surface area contributed by atoms with E-state index in [2.05, 4.69) is 10.3 Å². The van der Waals surface area contributed by atoms with Crippen molar-refractivity contribution in [2.75, 3.05) is 18.5 Å². The van der Waals surface area contributed by atoms with Crippen LogP contribution < -0.4 is 5.32 Å². The molecule has 3 aliphatic rings. The summed E-state index contributed by atoms with van der Waals surface area (Å²) in [5.41, 5.74) is 1.03. The number of carbonyl (C=O) groups is 2. The van der Waals surface area contributed by atoms with Crippen molar-refractivity contribution in [2.24, 2.45) is 5.92 Å². The van der Waals surface area contributed by atoms with Crippen LogP contribution in [-0.4, -0.2) is 41.0 Å². The van der Waals surface area contributed by atoms with Gasteiger partial charge in [-0.15, -0.1) is 0 Å². The first-order chi connectivity index (χ1) is 12.7. The summed E-state index contributed by atoms with van der Waals surface area (Å²) >= 11 is 1.50. The van der Waals surface area contributed by atoms with E-state index in [0.717, 1.165) is 36.4 Å². The van der Waals surface area contributed by atoms with E-state index in [1.54, 1.807) is 0 Å². The van der Waals surface area contributed by atoms with Crippen LogP contribution in [0, 0.1) is 5.92 Å². The van der Waals surface area contributed by atoms with Crippen molar-refractivity contribution >= 4 is 28.3 Å². The molecule has 0 radical (unpaired) electrons. The van der Waals surface area contributed by atoms with Crippen molar-refractivity contribution in [1.29, 1.82) is 0 Å². The van der Waals surface area contributed by atoms with Crippen molar-refractivity contribution in [1.82, 2.24) is 9.88 Å². The molecule has 2 fully saturated rings. The molecule has 2 aliphatic heterocycles. The van der Waals surface area contributed by atoms with Crippen LogP contribution in [0.4, 0.5) is 5.13 Å². The van der Waals surface area contributed by atoms with Gasteiger partial charge in [0.25, 0.3) is 5.91 Å². The molecule has 4 rings (SSSR count). The summed E-state index contributed by atoms with van der Waals surface area (Å²) < 4.78 is 5.42. The number of anilines is 1. The van der Waals surface area contributed by atoms with Gasteiger partial charge >= 0.3 is 0 Å². The highest BCUT2D eigenvalue weighted by Gasteiger charge is 2.28. The SMILES string of the molecule is O=C(Nc1nc2c(s1)CN(C(=O)CC1CCCCC1)CC2)C1CCCO1. The summed E-state index contributed by atoms with van der Waals surface area (Å²) in [6.45, 7) is 2.03. The maximum Gasteiger partial charge on any atom is 0.255 e. The van der Waals surface area contributed by atoms with Gasteiger partial charge in [-0.3, -0.25) is 14.9 Å². The number of thiazole rings is 1. The number of carbonyl (C=O) groups excluding carboxylic acids is 2. The van der Waals surface area contributed by atoms with Gasteiger partial charge in [-0.25, -0.2) is 4.98 Å². The van der Waals surface area contributed by atoms with Crippen LogP contribution in [0.1, 0.15) is 61.9 Å². The molecule has 1 atom stereocenters. The summed E-state index contributed by atoms with van der Waals surface area (Å²) in [6.07, 6.45) is 9.09. The van der Waals surface area contributed by atoms with E-state index in [1.807, 2.05) is 4.90 Å². The Labute approximate surface area is 158 Å². The standard InChI is InChI=1S/C19H27N3O3S/c23-17(11-13-5-2-1-3-6-13)22-9-8-14-16(12-22)26-19(20-14)21-18(24)15-7-4-10-25-15/h13,15H,1-12H2,(H,20,21,24). The largest absolute Gasteiger partial charge is 0.368 e. The predicted octanol–water partition coefficient (Wildman–Crippen LogP) is 3.12. The number of nitrogens with one attached hydrogen (secondary N) is 1. The van der Waals surface area contributed by atoms with Crippen LogP contribution in [0.15, 0.2) is 0 Å². The van der Waals surface area contributed by atoms with Gasteiger partial charge < -0.3 is 9.64 Å². The maximum absolute atomic E-state index is 12.7. The van der Waals surface area contributed by atoms with Crippen LogP contribution in [0.2, 0.25) is 0 Å². The average Bonchev–Trinajstić information content (AvgIpc) is 3.31. The molecule has 1 saturated carbocycles. The smallest absolute Gasteiger partial charge is 0.255 e. The minimum Gasteiger partial charge on any atom is -0.368 e. The average molecular weight is 378 g/mol. The van der Waals surface area contributed by atoms with Crippen molar-refractivity contribution < 1.29 is 14.3 Å². The summed E-state index contributed by atoms with van der Waals surface area (Å²) in [4.78, 5) is 32.5. The van der Waals surface area contributed by atoms with E-state index >= 15 is 0 Å². The Balaban J connectivity index is 1.33. The van der Waals surface area contributed by atoms with Gasteiger partial charge in [0.15, 0.2) is 5.13 Å². The van der Waals surface area contributed by atoms with Crippen LogP contribution in [0.3, 0.4) is 0 Å². The van der Waals surface area contributed by atoms with Crippen LogP contribution in [0.5, 0.6) is 0 Å². The first-order valence-corrected chi connectivity index (χ1v) is 10.7. The Bertz CT molecular complexity index is 663. The van der Waals surface area contributed by atoms with Crippen molar-refractivity contribution in [2.45, 2.75) is 70.4 Å². The zero-order chi connectivity index (χ0) is 17.9. The Kier molecular flexibility index (Phi) is 5.55. The van der Waals surface area contributed by atoms with Crippen molar-refractivity contribution in [3.63, 3.8) is 0 Å². The highest BCUT2D eigenvalue weighted by molar-refractivity contribution is 7.15. The zero-order valence-electron chi connectivity index (χ0n) is 15.2. The summed E-state index contributed by atoms with van der Waals surface area (Å²) in [5.74, 6) is 0.750. The lowest BCUT2D eigenvalue weighted by molar-refractivity contribution is -0.133. The van der Waals surface area contributed by atoms with E-state index in [4.69, 9.17) is 4.74 Å². The number of hydrogen-bond acceptors (Lipinski definition) is 5. The number of fused-ring (bicyclic) bond motifs is 1. The lowest BCUT2D eigenvalue weighted by Gasteiger charge is -2.29. The summed E-state index contributed by atoms with van der Waals surface area (Å²) in [7, 11) is 0. The van der Waals surface area contributed by atoms with Gasteiger partial charge in [0.1, 0.15) is 6.10 Å². The fraction of sp³-hybridized carbons (Fsp3) is 0.737. The Morgan fingerprint density at radius 1 is 1.19 bits per heavy atom. The summed E-state index contributed by atoms with van der Waals surface area (Å²) in [6, 6.07) is 0. The molecule has 1 aliphatic carbocycles. The third kappa shape index (κ3) is 4.09. The van der Waals surface area contributed by atoms with E-state index in [0.29, 0.717) is 30.6 Å². The lowest BCUT2D eigenvalue weighted by Crippen LogP contribution is -2.36. The van der Waals surface area contributed by atoms with Gasteiger partial charge in [-0.2, -0.15) is 0 Å². The zero-order valence-corrected chi connectivity index (χ0v) is 16.0. The number of rotatable bonds is 4. The molecular weight excluding hydrogens is 350 g/mol. The fourth-order valence-corrected chi connectivity index (χ4v) is 5.23. The maximum atomic E-state index is 12.7. The molecule has 26 heavy (non-hydrogen) atoms. The minimum absolute atomic E-state index is 0.0983. The van der Waals surface area contributed by atoms with Gasteiger partial charge in [-0.1, -0.05) is 30.6 Å². The molecule has 7 heteroatoms. The van der Waals surface area contributed by atoms with Crippen molar-refractivity contribution in [3.8, 4) is 0 Å². The van der Waals surface area contributed by atoms with Crippen LogP contribution in [0.25, 0.3) is 0 Å². The van der Waals surface area contributed by atoms with E-state index in [1.165, 1.54) is 43.4 Å². The highest BCUT2D eigenvalue weighted by Crippen LogP contribution is 2.31. The molecule has 142 valence electrons. The second kappa shape index (κ2) is 8.05. The van der Waals surface area contributed by atoms with E-state index in [-0.39, 0.29) is 17.9 Å². The summed E-state index contributed by atoms with van der Waals surface area (Å²) in [5, 5.41) is 3.53. The molecule has 1 aromatic rings. The molecule has 2 amide bonds. The van der Waals surface area contributed by atoms with Gasteiger partial charge in [0.2, 0.25) is 5.91 Å². The number of hydrogen-bond donors (Lipinski definition) is 1. The Hall–Kier alpha value is -1.47. The van der Waals surface area contributed by atoms with Gasteiger partial charge in [-0.05, 0) is 31.6 Å². The number of ether oxygens (including phenoxy) is 1. The predicted molar refractivity (Wildman–Crippen MR) is 100 cm³/mol. The number of amides is 2. The Morgan fingerprint density at radius 2 is 2.04 bits per heavy atom. The second-order valence-electron chi connectivity index (χ2n) is 7.65. The molecule has 1 aromatic heterocycles. The molecule has 0 spiro atoms. The third-order valence-electron chi connectivity index (χ3n) is 5.72. The molecular formula is C19H27N3O3S. The molecule has 0 aromatic carbocycles. The topological polar surface area (TPSA) is 71.5 Å². The third-order valence-corrected chi connectivity index (χ3v) is 6.72. The van der Waals surface area contributed by atoms with Crippen LogP contribution >= 0.6 is 11.3 Å².